The standard InChI is InChI=1S/C21H19N5O3/c27-19(23-15-12-29-16-7-4-10-22-18(16)24-20(15)28)14-11-17(26-25-14)21(8-9-21)13-5-2-1-3-6-13/h1-7,10-11,15H,8-9,12H2,(H,23,27)(H,25,26)(H,22,24,28)/t15-/m0/s1. The minimum Gasteiger partial charge on any atom is -0.487 e. The molecule has 1 aliphatic carbocycles. The summed E-state index contributed by atoms with van der Waals surface area (Å²) >= 11 is 0. The molecule has 0 unspecified atom stereocenters. The highest BCUT2D eigenvalue weighted by Crippen LogP contribution is 2.52. The Morgan fingerprint density at radius 3 is 2.79 bits per heavy atom. The van der Waals surface area contributed by atoms with Crippen molar-refractivity contribution in [2.45, 2.75) is 24.3 Å². The lowest BCUT2D eigenvalue weighted by Crippen LogP contribution is -2.46. The van der Waals surface area contributed by atoms with Crippen molar-refractivity contribution in [3.8, 4) is 5.75 Å². The summed E-state index contributed by atoms with van der Waals surface area (Å²) in [6.07, 6.45) is 3.57. The normalized spacial score (nSPS) is 19.3. The van der Waals surface area contributed by atoms with E-state index < -0.39 is 11.9 Å². The predicted octanol–water partition coefficient (Wildman–Crippen LogP) is 2.01. The molecule has 2 amide bonds. The van der Waals surface area contributed by atoms with E-state index in [1.165, 1.54) is 5.56 Å². The van der Waals surface area contributed by atoms with Crippen LogP contribution in [0.3, 0.4) is 0 Å². The van der Waals surface area contributed by atoms with Crippen molar-refractivity contribution in [3.63, 3.8) is 0 Å². The van der Waals surface area contributed by atoms with E-state index in [1.54, 1.807) is 24.4 Å². The smallest absolute Gasteiger partial charge is 0.272 e. The van der Waals surface area contributed by atoms with E-state index in [0.29, 0.717) is 11.6 Å². The number of nitrogens with one attached hydrogen (secondary N) is 3. The third-order valence-corrected chi connectivity index (χ3v) is 5.44. The fourth-order valence-corrected chi connectivity index (χ4v) is 3.67. The Hall–Kier alpha value is -3.68. The number of ether oxygens (including phenoxy) is 1. The first-order valence-corrected chi connectivity index (χ1v) is 9.47. The van der Waals surface area contributed by atoms with Gasteiger partial charge in [0.2, 0.25) is 0 Å². The number of H-pyrrole nitrogens is 1. The summed E-state index contributed by atoms with van der Waals surface area (Å²) < 4.78 is 5.61. The van der Waals surface area contributed by atoms with Gasteiger partial charge in [-0.1, -0.05) is 30.3 Å². The largest absolute Gasteiger partial charge is 0.487 e. The molecule has 0 saturated heterocycles. The minimum absolute atomic E-state index is 0.0154. The average Bonchev–Trinajstić information content (AvgIpc) is 3.44. The predicted molar refractivity (Wildman–Crippen MR) is 105 cm³/mol. The molecule has 3 heterocycles. The molecule has 29 heavy (non-hydrogen) atoms. The molecular weight excluding hydrogens is 370 g/mol. The van der Waals surface area contributed by atoms with Gasteiger partial charge >= 0.3 is 0 Å². The molecule has 1 aromatic carbocycles. The molecular formula is C21H19N5O3. The first-order chi connectivity index (χ1) is 14.2. The number of anilines is 1. The van der Waals surface area contributed by atoms with Gasteiger partial charge in [0, 0.05) is 17.3 Å². The number of carbonyl (C=O) groups is 2. The van der Waals surface area contributed by atoms with E-state index in [9.17, 15) is 9.59 Å². The Balaban J connectivity index is 1.31. The quantitative estimate of drug-likeness (QED) is 0.633. The van der Waals surface area contributed by atoms with Crippen LogP contribution in [-0.2, 0) is 10.2 Å². The lowest BCUT2D eigenvalue weighted by molar-refractivity contribution is -0.118. The third kappa shape index (κ3) is 3.12. The molecule has 3 aromatic rings. The van der Waals surface area contributed by atoms with Crippen molar-refractivity contribution >= 4 is 17.6 Å². The molecule has 0 bridgehead atoms. The van der Waals surface area contributed by atoms with Crippen molar-refractivity contribution < 1.29 is 14.3 Å². The zero-order chi connectivity index (χ0) is 19.8. The Bertz CT molecular complexity index is 1070. The van der Waals surface area contributed by atoms with Crippen LogP contribution in [-0.4, -0.2) is 39.6 Å². The number of pyridine rings is 1. The number of rotatable bonds is 4. The number of hydrogen-bond acceptors (Lipinski definition) is 5. The van der Waals surface area contributed by atoms with Gasteiger partial charge in [-0.05, 0) is 36.6 Å². The van der Waals surface area contributed by atoms with E-state index in [0.717, 1.165) is 18.5 Å². The Morgan fingerprint density at radius 1 is 1.17 bits per heavy atom. The number of carbonyl (C=O) groups excluding carboxylic acids is 2. The van der Waals surface area contributed by atoms with E-state index in [4.69, 9.17) is 4.74 Å². The Labute approximate surface area is 166 Å². The highest BCUT2D eigenvalue weighted by Gasteiger charge is 2.47. The number of hydrogen-bond donors (Lipinski definition) is 3. The second-order valence-electron chi connectivity index (χ2n) is 7.29. The summed E-state index contributed by atoms with van der Waals surface area (Å²) in [6, 6.07) is 14.5. The molecule has 3 N–H and O–H groups in total. The van der Waals surface area contributed by atoms with Gasteiger partial charge in [0.05, 0.1) is 0 Å². The van der Waals surface area contributed by atoms with Crippen LogP contribution in [0.15, 0.2) is 54.7 Å². The number of nitrogens with zero attached hydrogens (tertiary/aromatic N) is 2. The van der Waals surface area contributed by atoms with Crippen molar-refractivity contribution in [2.75, 3.05) is 11.9 Å². The fourth-order valence-electron chi connectivity index (χ4n) is 3.67. The van der Waals surface area contributed by atoms with Crippen LogP contribution >= 0.6 is 0 Å². The molecule has 2 aromatic heterocycles. The van der Waals surface area contributed by atoms with E-state index >= 15 is 0 Å². The lowest BCUT2D eigenvalue weighted by atomic mass is 9.92. The van der Waals surface area contributed by atoms with Gasteiger partial charge in [-0.2, -0.15) is 5.10 Å². The lowest BCUT2D eigenvalue weighted by Gasteiger charge is -2.14. The molecule has 8 heteroatoms. The molecule has 5 rings (SSSR count). The van der Waals surface area contributed by atoms with Gasteiger partial charge < -0.3 is 15.4 Å². The first kappa shape index (κ1) is 17.4. The summed E-state index contributed by atoms with van der Waals surface area (Å²) in [5.41, 5.74) is 2.25. The van der Waals surface area contributed by atoms with Gasteiger partial charge in [0.25, 0.3) is 11.8 Å². The second kappa shape index (κ2) is 6.73. The van der Waals surface area contributed by atoms with E-state index in [1.807, 2.05) is 18.2 Å². The summed E-state index contributed by atoms with van der Waals surface area (Å²) in [4.78, 5) is 29.2. The van der Waals surface area contributed by atoms with Crippen LogP contribution in [0.25, 0.3) is 0 Å². The second-order valence-corrected chi connectivity index (χ2v) is 7.29. The van der Waals surface area contributed by atoms with Crippen LogP contribution in [0.5, 0.6) is 5.75 Å². The van der Waals surface area contributed by atoms with Gasteiger partial charge in [-0.15, -0.1) is 0 Å². The summed E-state index contributed by atoms with van der Waals surface area (Å²) in [6.45, 7) is 0.0154. The van der Waals surface area contributed by atoms with Gasteiger partial charge in [0.1, 0.15) is 18.3 Å². The maximum absolute atomic E-state index is 12.7. The van der Waals surface area contributed by atoms with E-state index in [2.05, 4.69) is 37.9 Å². The highest BCUT2D eigenvalue weighted by molar-refractivity contribution is 6.01. The number of aromatic nitrogens is 3. The maximum atomic E-state index is 12.7. The molecule has 1 atom stereocenters. The van der Waals surface area contributed by atoms with Crippen LogP contribution in [0.2, 0.25) is 0 Å². The average molecular weight is 389 g/mol. The van der Waals surface area contributed by atoms with Crippen LogP contribution in [0.4, 0.5) is 5.82 Å². The molecule has 1 saturated carbocycles. The SMILES string of the molecule is O=C(N[C@H]1COc2cccnc2NC1=O)c1cc(C2(c3ccccc3)CC2)[nH]n1. The molecule has 146 valence electrons. The highest BCUT2D eigenvalue weighted by atomic mass is 16.5. The fraction of sp³-hybridized carbons (Fsp3) is 0.238. The van der Waals surface area contributed by atoms with Crippen molar-refractivity contribution in [1.29, 1.82) is 0 Å². The molecule has 0 radical (unpaired) electrons. The number of aromatic amines is 1. The molecule has 0 spiro atoms. The van der Waals surface area contributed by atoms with Crippen LogP contribution < -0.4 is 15.4 Å². The molecule has 1 aliphatic heterocycles. The zero-order valence-electron chi connectivity index (χ0n) is 15.5. The Morgan fingerprint density at radius 2 is 2.00 bits per heavy atom. The van der Waals surface area contributed by atoms with E-state index in [-0.39, 0.29) is 23.6 Å². The molecule has 8 nitrogen and oxygen atoms in total. The van der Waals surface area contributed by atoms with Gasteiger partial charge in [-0.3, -0.25) is 14.7 Å². The number of benzene rings is 1. The summed E-state index contributed by atoms with van der Waals surface area (Å²) in [5, 5.41) is 12.6. The Kier molecular flexibility index (Phi) is 4.04. The van der Waals surface area contributed by atoms with Crippen molar-refractivity contribution in [2.24, 2.45) is 0 Å². The van der Waals surface area contributed by atoms with Crippen molar-refractivity contribution in [3.05, 3.63) is 71.7 Å². The third-order valence-electron chi connectivity index (χ3n) is 5.44. The van der Waals surface area contributed by atoms with Crippen LogP contribution in [0.1, 0.15) is 34.6 Å². The van der Waals surface area contributed by atoms with Gasteiger partial charge in [-0.25, -0.2) is 4.98 Å². The van der Waals surface area contributed by atoms with Crippen LogP contribution in [0, 0.1) is 0 Å². The molecule has 1 fully saturated rings. The van der Waals surface area contributed by atoms with Crippen molar-refractivity contribution in [1.82, 2.24) is 20.5 Å². The monoisotopic (exact) mass is 389 g/mol. The van der Waals surface area contributed by atoms with Gasteiger partial charge in [0.15, 0.2) is 11.6 Å². The summed E-state index contributed by atoms with van der Waals surface area (Å²) in [5.74, 6) is 0.00145. The zero-order valence-corrected chi connectivity index (χ0v) is 15.5. The molecule has 2 aliphatic rings. The summed E-state index contributed by atoms with van der Waals surface area (Å²) in [7, 11) is 0. The number of amides is 2. The first-order valence-electron chi connectivity index (χ1n) is 9.47. The topological polar surface area (TPSA) is 109 Å². The minimum atomic E-state index is -0.846. The number of fused-ring (bicyclic) bond motifs is 1. The maximum Gasteiger partial charge on any atom is 0.272 e.